The van der Waals surface area contributed by atoms with E-state index >= 15 is 0 Å². The Labute approximate surface area is 161 Å². The van der Waals surface area contributed by atoms with Crippen LogP contribution in [0.2, 0.25) is 0 Å². The molecule has 3 rings (SSSR count). The number of piperazine rings is 1. The van der Waals surface area contributed by atoms with Gasteiger partial charge in [0.1, 0.15) is 0 Å². The second kappa shape index (κ2) is 9.14. The molecule has 2 fully saturated rings. The Bertz CT molecular complexity index is 722. The largest absolute Gasteiger partial charge is 0.377 e. The normalized spacial score (nSPS) is 21.5. The standard InChI is InChI=1S/C19H29N3O4S/c1-20-27(24,25)18-7-4-16(5-8-18)6-9-19(23)22-12-10-21(11-13-22)15-17-3-2-14-26-17/h4-5,7-8,17,20H,2-3,6,9-15H2,1H3. The molecule has 0 spiro atoms. The molecule has 0 saturated carbocycles. The molecule has 0 bridgehead atoms. The van der Waals surface area contributed by atoms with E-state index in [9.17, 15) is 13.2 Å². The maximum Gasteiger partial charge on any atom is 0.240 e. The van der Waals surface area contributed by atoms with Crippen LogP contribution in [0.1, 0.15) is 24.8 Å². The van der Waals surface area contributed by atoms with E-state index in [1.54, 1.807) is 24.3 Å². The molecule has 1 aromatic rings. The molecule has 8 heteroatoms. The van der Waals surface area contributed by atoms with E-state index in [1.807, 2.05) is 4.90 Å². The van der Waals surface area contributed by atoms with Crippen molar-refractivity contribution in [2.75, 3.05) is 46.4 Å². The topological polar surface area (TPSA) is 79.0 Å². The lowest BCUT2D eigenvalue weighted by molar-refractivity contribution is -0.133. The average molecular weight is 396 g/mol. The first kappa shape index (κ1) is 20.3. The molecule has 1 aromatic carbocycles. The zero-order chi connectivity index (χ0) is 19.3. The molecule has 0 radical (unpaired) electrons. The summed E-state index contributed by atoms with van der Waals surface area (Å²) in [5.74, 6) is 0.165. The number of benzene rings is 1. The van der Waals surface area contributed by atoms with Crippen LogP contribution in [0.3, 0.4) is 0 Å². The Kier molecular flexibility index (Phi) is 6.86. The summed E-state index contributed by atoms with van der Waals surface area (Å²) in [5.41, 5.74) is 0.968. The third kappa shape index (κ3) is 5.51. The van der Waals surface area contributed by atoms with E-state index in [2.05, 4.69) is 9.62 Å². The van der Waals surface area contributed by atoms with Crippen LogP contribution in [0.5, 0.6) is 0 Å². The summed E-state index contributed by atoms with van der Waals surface area (Å²) < 4.78 is 31.5. The van der Waals surface area contributed by atoms with Crippen LogP contribution in [0, 0.1) is 0 Å². The molecule has 7 nitrogen and oxygen atoms in total. The molecule has 2 saturated heterocycles. The number of hydrogen-bond acceptors (Lipinski definition) is 5. The number of amides is 1. The van der Waals surface area contributed by atoms with Crippen molar-refractivity contribution in [3.63, 3.8) is 0 Å². The summed E-state index contributed by atoms with van der Waals surface area (Å²) in [7, 11) is -2.02. The maximum atomic E-state index is 12.5. The lowest BCUT2D eigenvalue weighted by Gasteiger charge is -2.35. The van der Waals surface area contributed by atoms with Gasteiger partial charge in [0.05, 0.1) is 11.0 Å². The first-order chi connectivity index (χ1) is 13.0. The number of sulfonamides is 1. The van der Waals surface area contributed by atoms with E-state index < -0.39 is 10.0 Å². The van der Waals surface area contributed by atoms with Gasteiger partial charge in [0, 0.05) is 45.8 Å². The van der Waals surface area contributed by atoms with Crippen molar-refractivity contribution >= 4 is 15.9 Å². The van der Waals surface area contributed by atoms with E-state index in [4.69, 9.17) is 4.74 Å². The van der Waals surface area contributed by atoms with Crippen molar-refractivity contribution in [3.05, 3.63) is 29.8 Å². The lowest BCUT2D eigenvalue weighted by Crippen LogP contribution is -2.50. The second-order valence-electron chi connectivity index (χ2n) is 7.17. The van der Waals surface area contributed by atoms with Crippen LogP contribution in [-0.2, 0) is 26.0 Å². The summed E-state index contributed by atoms with van der Waals surface area (Å²) in [6.45, 7) is 5.20. The van der Waals surface area contributed by atoms with E-state index in [-0.39, 0.29) is 10.8 Å². The van der Waals surface area contributed by atoms with Gasteiger partial charge in [-0.2, -0.15) is 0 Å². The Morgan fingerprint density at radius 1 is 1.19 bits per heavy atom. The summed E-state index contributed by atoms with van der Waals surface area (Å²) in [6, 6.07) is 6.71. The number of rotatable bonds is 7. The lowest BCUT2D eigenvalue weighted by atomic mass is 10.1. The van der Waals surface area contributed by atoms with Gasteiger partial charge in [0.15, 0.2) is 0 Å². The quantitative estimate of drug-likeness (QED) is 0.741. The molecule has 2 heterocycles. The highest BCUT2D eigenvalue weighted by Crippen LogP contribution is 2.15. The van der Waals surface area contributed by atoms with Crippen LogP contribution in [0.4, 0.5) is 0 Å². The SMILES string of the molecule is CNS(=O)(=O)c1ccc(CCC(=O)N2CCN(CC3CCCO3)CC2)cc1. The fourth-order valence-corrected chi connectivity index (χ4v) is 4.35. The summed E-state index contributed by atoms with van der Waals surface area (Å²) in [5, 5.41) is 0. The number of aryl methyl sites for hydroxylation is 1. The van der Waals surface area contributed by atoms with E-state index in [1.165, 1.54) is 7.05 Å². The minimum atomic E-state index is -3.42. The molecule has 1 unspecified atom stereocenters. The molecule has 27 heavy (non-hydrogen) atoms. The molecule has 2 aliphatic heterocycles. The zero-order valence-corrected chi connectivity index (χ0v) is 16.7. The minimum absolute atomic E-state index is 0.165. The monoisotopic (exact) mass is 395 g/mol. The summed E-state index contributed by atoms with van der Waals surface area (Å²) in [4.78, 5) is 17.0. The van der Waals surface area contributed by atoms with E-state index in [0.717, 1.165) is 57.7 Å². The Balaban J connectivity index is 1.42. The van der Waals surface area contributed by atoms with Crippen LogP contribution < -0.4 is 4.72 Å². The number of ether oxygens (including phenoxy) is 1. The van der Waals surface area contributed by atoms with Gasteiger partial charge in [-0.3, -0.25) is 9.69 Å². The molecule has 1 amide bonds. The van der Waals surface area contributed by atoms with Gasteiger partial charge in [-0.05, 0) is 44.0 Å². The predicted molar refractivity (Wildman–Crippen MR) is 103 cm³/mol. The number of nitrogens with one attached hydrogen (secondary N) is 1. The second-order valence-corrected chi connectivity index (χ2v) is 9.05. The number of nitrogens with zero attached hydrogens (tertiary/aromatic N) is 2. The van der Waals surface area contributed by atoms with Gasteiger partial charge in [-0.1, -0.05) is 12.1 Å². The first-order valence-corrected chi connectivity index (χ1v) is 11.1. The highest BCUT2D eigenvalue weighted by molar-refractivity contribution is 7.89. The van der Waals surface area contributed by atoms with Gasteiger partial charge in [-0.25, -0.2) is 13.1 Å². The minimum Gasteiger partial charge on any atom is -0.377 e. The maximum absolute atomic E-state index is 12.5. The van der Waals surface area contributed by atoms with Crippen LogP contribution in [0.25, 0.3) is 0 Å². The molecule has 1 atom stereocenters. The van der Waals surface area contributed by atoms with Gasteiger partial charge in [-0.15, -0.1) is 0 Å². The molecule has 0 aromatic heterocycles. The van der Waals surface area contributed by atoms with Crippen LogP contribution in [-0.4, -0.2) is 76.6 Å². The Hall–Kier alpha value is -1.48. The highest BCUT2D eigenvalue weighted by atomic mass is 32.2. The summed E-state index contributed by atoms with van der Waals surface area (Å²) >= 11 is 0. The first-order valence-electron chi connectivity index (χ1n) is 9.62. The Morgan fingerprint density at radius 2 is 1.89 bits per heavy atom. The number of hydrogen-bond donors (Lipinski definition) is 1. The smallest absolute Gasteiger partial charge is 0.240 e. The van der Waals surface area contributed by atoms with Gasteiger partial charge in [0.2, 0.25) is 15.9 Å². The van der Waals surface area contributed by atoms with Crippen molar-refractivity contribution in [1.29, 1.82) is 0 Å². The fraction of sp³-hybridized carbons (Fsp3) is 0.632. The molecule has 2 aliphatic rings. The predicted octanol–water partition coefficient (Wildman–Crippen LogP) is 0.851. The average Bonchev–Trinajstić information content (AvgIpc) is 3.20. The molecule has 150 valence electrons. The van der Waals surface area contributed by atoms with Crippen molar-refractivity contribution in [3.8, 4) is 0 Å². The van der Waals surface area contributed by atoms with Crippen molar-refractivity contribution in [2.24, 2.45) is 0 Å². The third-order valence-corrected chi connectivity index (χ3v) is 6.77. The third-order valence-electron chi connectivity index (χ3n) is 5.34. The molecular weight excluding hydrogens is 366 g/mol. The van der Waals surface area contributed by atoms with Crippen LogP contribution >= 0.6 is 0 Å². The Morgan fingerprint density at radius 3 is 2.48 bits per heavy atom. The van der Waals surface area contributed by atoms with Crippen LogP contribution in [0.15, 0.2) is 29.2 Å². The summed E-state index contributed by atoms with van der Waals surface area (Å²) in [6.07, 6.45) is 3.74. The number of carbonyl (C=O) groups is 1. The van der Waals surface area contributed by atoms with Crippen molar-refractivity contribution in [2.45, 2.75) is 36.7 Å². The van der Waals surface area contributed by atoms with Gasteiger partial charge < -0.3 is 9.64 Å². The zero-order valence-electron chi connectivity index (χ0n) is 15.9. The fourth-order valence-electron chi connectivity index (χ4n) is 3.62. The molecule has 0 aliphatic carbocycles. The van der Waals surface area contributed by atoms with Crippen molar-refractivity contribution in [1.82, 2.24) is 14.5 Å². The van der Waals surface area contributed by atoms with Crippen molar-refractivity contribution < 1.29 is 17.9 Å². The molecule has 1 N–H and O–H groups in total. The van der Waals surface area contributed by atoms with E-state index in [0.29, 0.717) is 18.9 Å². The van der Waals surface area contributed by atoms with Gasteiger partial charge >= 0.3 is 0 Å². The highest BCUT2D eigenvalue weighted by Gasteiger charge is 2.24. The molecular formula is C19H29N3O4S. The van der Waals surface area contributed by atoms with Gasteiger partial charge in [0.25, 0.3) is 0 Å². The number of carbonyl (C=O) groups excluding carboxylic acids is 1.